The van der Waals surface area contributed by atoms with Gasteiger partial charge in [-0.1, -0.05) is 28.1 Å². The van der Waals surface area contributed by atoms with Crippen LogP contribution in [-0.4, -0.2) is 30.9 Å². The molecule has 0 bridgehead atoms. The Morgan fingerprint density at radius 1 is 1.37 bits per heavy atom. The van der Waals surface area contributed by atoms with Crippen LogP contribution in [0.15, 0.2) is 28.7 Å². The Morgan fingerprint density at radius 2 is 2.00 bits per heavy atom. The summed E-state index contributed by atoms with van der Waals surface area (Å²) >= 11 is 3.33. The van der Waals surface area contributed by atoms with Gasteiger partial charge >= 0.3 is 5.97 Å². The zero-order chi connectivity index (χ0) is 14.3. The van der Waals surface area contributed by atoms with Crippen molar-refractivity contribution >= 4 is 21.9 Å². The summed E-state index contributed by atoms with van der Waals surface area (Å²) in [6, 6.07) is 7.25. The molecule has 0 saturated carbocycles. The molecule has 0 radical (unpaired) electrons. The van der Waals surface area contributed by atoms with Crippen molar-refractivity contribution < 1.29 is 19.4 Å². The number of benzene rings is 1. The van der Waals surface area contributed by atoms with Crippen molar-refractivity contribution in [2.45, 2.75) is 25.9 Å². The highest BCUT2D eigenvalue weighted by molar-refractivity contribution is 9.10. The van der Waals surface area contributed by atoms with E-state index in [0.717, 1.165) is 4.47 Å². The van der Waals surface area contributed by atoms with Crippen LogP contribution in [0.2, 0.25) is 0 Å². The number of esters is 1. The molecule has 1 N–H and O–H groups in total. The fraction of sp³-hybridized carbons (Fsp3) is 0.500. The third-order valence-corrected chi connectivity index (χ3v) is 3.16. The molecule has 4 nitrogen and oxygen atoms in total. The monoisotopic (exact) mass is 330 g/mol. The third kappa shape index (κ3) is 5.72. The largest absolute Gasteiger partial charge is 0.462 e. The number of halogens is 1. The van der Waals surface area contributed by atoms with Gasteiger partial charge in [0, 0.05) is 11.1 Å². The molecule has 0 saturated heterocycles. The predicted octanol–water partition coefficient (Wildman–Crippen LogP) is 2.63. The first-order chi connectivity index (χ1) is 8.95. The number of carbonyl (C=O) groups is 1. The van der Waals surface area contributed by atoms with E-state index in [1.54, 1.807) is 19.1 Å². The molecule has 1 aromatic carbocycles. The number of aliphatic hydroxyl groups is 1. The van der Waals surface area contributed by atoms with E-state index in [-0.39, 0.29) is 19.0 Å². The van der Waals surface area contributed by atoms with Gasteiger partial charge in [-0.05, 0) is 31.5 Å². The summed E-state index contributed by atoms with van der Waals surface area (Å²) in [7, 11) is 0. The van der Waals surface area contributed by atoms with E-state index < -0.39 is 5.60 Å². The lowest BCUT2D eigenvalue weighted by Gasteiger charge is -2.23. The van der Waals surface area contributed by atoms with Crippen LogP contribution in [0.3, 0.4) is 0 Å². The Hall–Kier alpha value is -0.910. The number of carbonyl (C=O) groups excluding carboxylic acids is 1. The van der Waals surface area contributed by atoms with E-state index in [2.05, 4.69) is 15.9 Å². The molecule has 1 atom stereocenters. The molecule has 1 aromatic rings. The maximum atomic E-state index is 11.4. The first-order valence-electron chi connectivity index (χ1n) is 6.17. The van der Waals surface area contributed by atoms with E-state index in [0.29, 0.717) is 18.8 Å². The van der Waals surface area contributed by atoms with Crippen LogP contribution in [0.5, 0.6) is 0 Å². The molecule has 5 heteroatoms. The summed E-state index contributed by atoms with van der Waals surface area (Å²) in [4.78, 5) is 11.4. The Kier molecular flexibility index (Phi) is 6.48. The molecule has 0 spiro atoms. The standard InChI is InChI=1S/C14H19BrO4/c1-3-18-9-8-13(16)19-10-14(2,17)11-4-6-12(15)7-5-11/h4-7,17H,3,8-10H2,1-2H3/t14-/m1/s1. The molecule has 0 unspecified atom stereocenters. The summed E-state index contributed by atoms with van der Waals surface area (Å²) in [5, 5.41) is 10.3. The van der Waals surface area contributed by atoms with Crippen molar-refractivity contribution in [2.24, 2.45) is 0 Å². The van der Waals surface area contributed by atoms with Crippen molar-refractivity contribution in [1.82, 2.24) is 0 Å². The molecule has 106 valence electrons. The molecular weight excluding hydrogens is 312 g/mol. The van der Waals surface area contributed by atoms with E-state index in [4.69, 9.17) is 9.47 Å². The zero-order valence-corrected chi connectivity index (χ0v) is 12.8. The van der Waals surface area contributed by atoms with Crippen molar-refractivity contribution in [3.63, 3.8) is 0 Å². The predicted molar refractivity (Wildman–Crippen MR) is 75.8 cm³/mol. The second kappa shape index (κ2) is 7.62. The highest BCUT2D eigenvalue weighted by Gasteiger charge is 2.25. The molecule has 0 aromatic heterocycles. The lowest BCUT2D eigenvalue weighted by atomic mass is 9.97. The number of ether oxygens (including phenoxy) is 2. The van der Waals surface area contributed by atoms with Crippen LogP contribution in [0, 0.1) is 0 Å². The van der Waals surface area contributed by atoms with Gasteiger partial charge in [-0.15, -0.1) is 0 Å². The highest BCUT2D eigenvalue weighted by atomic mass is 79.9. The molecular formula is C14H19BrO4. The van der Waals surface area contributed by atoms with E-state index in [1.807, 2.05) is 19.1 Å². The number of hydrogen-bond donors (Lipinski definition) is 1. The Labute approximate surface area is 121 Å². The van der Waals surface area contributed by atoms with E-state index in [1.165, 1.54) is 0 Å². The average Bonchev–Trinajstić information content (AvgIpc) is 2.37. The second-order valence-corrected chi connectivity index (χ2v) is 5.30. The molecule has 0 heterocycles. The van der Waals surface area contributed by atoms with Crippen LogP contribution in [0.25, 0.3) is 0 Å². The lowest BCUT2D eigenvalue weighted by Crippen LogP contribution is -2.29. The fourth-order valence-corrected chi connectivity index (χ4v) is 1.75. The molecule has 0 aliphatic heterocycles. The van der Waals surface area contributed by atoms with Crippen LogP contribution < -0.4 is 0 Å². The van der Waals surface area contributed by atoms with Crippen LogP contribution in [0.1, 0.15) is 25.8 Å². The molecule has 19 heavy (non-hydrogen) atoms. The molecule has 1 rings (SSSR count). The van der Waals surface area contributed by atoms with Crippen molar-refractivity contribution in [2.75, 3.05) is 19.8 Å². The average molecular weight is 331 g/mol. The zero-order valence-electron chi connectivity index (χ0n) is 11.2. The van der Waals surface area contributed by atoms with Gasteiger partial charge in [0.25, 0.3) is 0 Å². The Morgan fingerprint density at radius 3 is 2.58 bits per heavy atom. The van der Waals surface area contributed by atoms with Gasteiger partial charge in [0.1, 0.15) is 12.2 Å². The van der Waals surface area contributed by atoms with Crippen molar-refractivity contribution in [3.8, 4) is 0 Å². The number of rotatable bonds is 7. The summed E-state index contributed by atoms with van der Waals surface area (Å²) in [5.74, 6) is -0.370. The van der Waals surface area contributed by atoms with Gasteiger partial charge in [-0.2, -0.15) is 0 Å². The van der Waals surface area contributed by atoms with Gasteiger partial charge in [-0.3, -0.25) is 4.79 Å². The molecule has 0 aliphatic rings. The van der Waals surface area contributed by atoms with E-state index in [9.17, 15) is 9.90 Å². The summed E-state index contributed by atoms with van der Waals surface area (Å²) < 4.78 is 11.1. The topological polar surface area (TPSA) is 55.8 Å². The van der Waals surface area contributed by atoms with Gasteiger partial charge in [0.15, 0.2) is 0 Å². The normalized spacial score (nSPS) is 13.9. The maximum absolute atomic E-state index is 11.4. The van der Waals surface area contributed by atoms with Gasteiger partial charge in [-0.25, -0.2) is 0 Å². The van der Waals surface area contributed by atoms with Crippen LogP contribution >= 0.6 is 15.9 Å². The summed E-state index contributed by atoms with van der Waals surface area (Å²) in [6.45, 7) is 4.33. The Balaban J connectivity index is 2.46. The quantitative estimate of drug-likeness (QED) is 0.616. The van der Waals surface area contributed by atoms with Crippen molar-refractivity contribution in [3.05, 3.63) is 34.3 Å². The maximum Gasteiger partial charge on any atom is 0.308 e. The summed E-state index contributed by atoms with van der Waals surface area (Å²) in [5.41, 5.74) is -0.490. The summed E-state index contributed by atoms with van der Waals surface area (Å²) in [6.07, 6.45) is 0.199. The molecule has 0 fully saturated rings. The first kappa shape index (κ1) is 16.1. The van der Waals surface area contributed by atoms with Crippen LogP contribution in [-0.2, 0) is 19.9 Å². The van der Waals surface area contributed by atoms with Gasteiger partial charge in [0.05, 0.1) is 13.0 Å². The highest BCUT2D eigenvalue weighted by Crippen LogP contribution is 2.23. The lowest BCUT2D eigenvalue weighted by molar-refractivity contribution is -0.152. The first-order valence-corrected chi connectivity index (χ1v) is 6.97. The van der Waals surface area contributed by atoms with Gasteiger partial charge < -0.3 is 14.6 Å². The number of hydrogen-bond acceptors (Lipinski definition) is 4. The van der Waals surface area contributed by atoms with E-state index >= 15 is 0 Å². The van der Waals surface area contributed by atoms with Crippen molar-refractivity contribution in [1.29, 1.82) is 0 Å². The fourth-order valence-electron chi connectivity index (χ4n) is 1.49. The molecule has 0 aliphatic carbocycles. The Bertz CT molecular complexity index is 400. The smallest absolute Gasteiger partial charge is 0.308 e. The van der Waals surface area contributed by atoms with Crippen LogP contribution in [0.4, 0.5) is 0 Å². The third-order valence-electron chi connectivity index (χ3n) is 2.63. The second-order valence-electron chi connectivity index (χ2n) is 4.39. The minimum absolute atomic E-state index is 0.0699. The van der Waals surface area contributed by atoms with Gasteiger partial charge in [0.2, 0.25) is 0 Å². The minimum atomic E-state index is -1.19. The SMILES string of the molecule is CCOCCC(=O)OC[C@@](C)(O)c1ccc(Br)cc1. The minimum Gasteiger partial charge on any atom is -0.462 e. The molecule has 0 amide bonds.